The highest BCUT2D eigenvalue weighted by molar-refractivity contribution is 5.94. The van der Waals surface area contributed by atoms with E-state index in [1.54, 1.807) is 0 Å². The fourth-order valence-corrected chi connectivity index (χ4v) is 2.69. The van der Waals surface area contributed by atoms with Gasteiger partial charge in [-0.1, -0.05) is 0 Å². The Balaban J connectivity index is 1.63. The number of fused-ring (bicyclic) bond motifs is 1. The third-order valence-corrected chi connectivity index (χ3v) is 3.63. The van der Waals surface area contributed by atoms with Gasteiger partial charge in [-0.25, -0.2) is 0 Å². The minimum absolute atomic E-state index is 0.00977. The fourth-order valence-electron chi connectivity index (χ4n) is 2.69. The van der Waals surface area contributed by atoms with E-state index in [2.05, 4.69) is 20.6 Å². The van der Waals surface area contributed by atoms with Gasteiger partial charge >= 0.3 is 0 Å². The summed E-state index contributed by atoms with van der Waals surface area (Å²) in [6.45, 7) is 4.58. The molecule has 0 bridgehead atoms. The molecule has 1 aliphatic carbocycles. The van der Waals surface area contributed by atoms with Crippen molar-refractivity contribution in [1.29, 1.82) is 0 Å². The van der Waals surface area contributed by atoms with Crippen LogP contribution in [0, 0.1) is 6.92 Å². The van der Waals surface area contributed by atoms with E-state index in [9.17, 15) is 4.79 Å². The Morgan fingerprint density at radius 3 is 3.15 bits per heavy atom. The quantitative estimate of drug-likeness (QED) is 0.879. The number of nitrogens with one attached hydrogen (secondary N) is 2. The van der Waals surface area contributed by atoms with Crippen molar-refractivity contribution in [2.24, 2.45) is 0 Å². The minimum atomic E-state index is -0.0965. The van der Waals surface area contributed by atoms with Crippen molar-refractivity contribution >= 4 is 5.91 Å². The summed E-state index contributed by atoms with van der Waals surface area (Å²) in [5, 5.41) is 14.4. The molecule has 6 nitrogen and oxygen atoms in total. The van der Waals surface area contributed by atoms with Crippen molar-refractivity contribution in [2.45, 2.75) is 45.7 Å². The molecule has 0 saturated heterocycles. The van der Waals surface area contributed by atoms with Crippen molar-refractivity contribution in [3.8, 4) is 0 Å². The predicted molar refractivity (Wildman–Crippen MR) is 74.5 cm³/mol. The number of nitrogens with zero attached hydrogens (tertiary/aromatic N) is 3. The van der Waals surface area contributed by atoms with Gasteiger partial charge in [0.2, 0.25) is 0 Å². The molecule has 0 spiro atoms. The van der Waals surface area contributed by atoms with E-state index in [-0.39, 0.29) is 11.9 Å². The standard InChI is InChI=1S/C14H19N5O/c1-9-6-7-19(18-9)8-10(2)15-14(20)13-11-4-3-5-12(11)16-17-13/h6-7,10H,3-5,8H2,1-2H3,(H,15,20)(H,16,17)/t10-/m0/s1. The van der Waals surface area contributed by atoms with Gasteiger partial charge in [0.1, 0.15) is 0 Å². The summed E-state index contributed by atoms with van der Waals surface area (Å²) in [5.41, 5.74) is 3.74. The van der Waals surface area contributed by atoms with E-state index in [0.29, 0.717) is 12.2 Å². The highest BCUT2D eigenvalue weighted by Crippen LogP contribution is 2.22. The lowest BCUT2D eigenvalue weighted by Crippen LogP contribution is -2.36. The molecule has 1 amide bonds. The molecule has 0 fully saturated rings. The maximum Gasteiger partial charge on any atom is 0.272 e. The Hall–Kier alpha value is -2.11. The number of amides is 1. The molecule has 1 aliphatic rings. The first-order valence-corrected chi connectivity index (χ1v) is 7.00. The smallest absolute Gasteiger partial charge is 0.272 e. The molecule has 2 N–H and O–H groups in total. The van der Waals surface area contributed by atoms with Crippen LogP contribution in [0.2, 0.25) is 0 Å². The van der Waals surface area contributed by atoms with Gasteiger partial charge in [0.25, 0.3) is 5.91 Å². The zero-order valence-corrected chi connectivity index (χ0v) is 11.8. The van der Waals surface area contributed by atoms with Crippen molar-refractivity contribution in [1.82, 2.24) is 25.3 Å². The molecule has 106 valence electrons. The summed E-state index contributed by atoms with van der Waals surface area (Å²) in [7, 11) is 0. The molecule has 3 rings (SSSR count). The molecule has 0 aromatic carbocycles. The minimum Gasteiger partial charge on any atom is -0.346 e. The molecule has 2 aromatic heterocycles. The monoisotopic (exact) mass is 273 g/mol. The lowest BCUT2D eigenvalue weighted by Gasteiger charge is -2.13. The molecule has 6 heteroatoms. The second-order valence-corrected chi connectivity index (χ2v) is 5.44. The molecule has 2 heterocycles. The lowest BCUT2D eigenvalue weighted by atomic mass is 10.2. The second kappa shape index (κ2) is 5.11. The van der Waals surface area contributed by atoms with E-state index >= 15 is 0 Å². The maximum absolute atomic E-state index is 12.2. The summed E-state index contributed by atoms with van der Waals surface area (Å²) in [4.78, 5) is 12.2. The van der Waals surface area contributed by atoms with E-state index in [1.165, 1.54) is 0 Å². The van der Waals surface area contributed by atoms with Gasteiger partial charge in [0, 0.05) is 23.5 Å². The number of hydrogen-bond acceptors (Lipinski definition) is 3. The van der Waals surface area contributed by atoms with Gasteiger partial charge in [-0.15, -0.1) is 0 Å². The van der Waals surface area contributed by atoms with Crippen LogP contribution >= 0.6 is 0 Å². The second-order valence-electron chi connectivity index (χ2n) is 5.44. The first kappa shape index (κ1) is 12.9. The third kappa shape index (κ3) is 2.45. The Morgan fingerprint density at radius 1 is 1.55 bits per heavy atom. The first-order valence-electron chi connectivity index (χ1n) is 7.00. The van der Waals surface area contributed by atoms with Gasteiger partial charge in [-0.3, -0.25) is 14.6 Å². The Bertz CT molecular complexity index is 627. The predicted octanol–water partition coefficient (Wildman–Crippen LogP) is 1.22. The Labute approximate surface area is 117 Å². The van der Waals surface area contributed by atoms with Crippen LogP contribution in [-0.2, 0) is 19.4 Å². The van der Waals surface area contributed by atoms with Crippen molar-refractivity contribution in [2.75, 3.05) is 0 Å². The normalized spacial score (nSPS) is 15.1. The number of aromatic amines is 1. The number of aryl methyl sites for hydroxylation is 2. The Kier molecular flexibility index (Phi) is 3.30. The average Bonchev–Trinajstić information content (AvgIpc) is 3.04. The van der Waals surface area contributed by atoms with E-state index in [1.807, 2.05) is 30.8 Å². The van der Waals surface area contributed by atoms with Crippen molar-refractivity contribution in [3.05, 3.63) is 34.9 Å². The number of H-pyrrole nitrogens is 1. The van der Waals surface area contributed by atoms with E-state index in [0.717, 1.165) is 36.2 Å². The first-order chi connectivity index (χ1) is 9.63. The van der Waals surface area contributed by atoms with Gasteiger partial charge in [0.15, 0.2) is 5.69 Å². The molecule has 2 aromatic rings. The molecule has 20 heavy (non-hydrogen) atoms. The number of carbonyl (C=O) groups is 1. The number of rotatable bonds is 4. The van der Waals surface area contributed by atoms with E-state index < -0.39 is 0 Å². The van der Waals surface area contributed by atoms with Crippen LogP contribution in [0.3, 0.4) is 0 Å². The van der Waals surface area contributed by atoms with Crippen LogP contribution in [0.5, 0.6) is 0 Å². The van der Waals surface area contributed by atoms with Crippen LogP contribution < -0.4 is 5.32 Å². The molecule has 0 saturated carbocycles. The zero-order chi connectivity index (χ0) is 14.1. The molecule has 0 unspecified atom stereocenters. The number of aromatic nitrogens is 4. The van der Waals surface area contributed by atoms with Crippen LogP contribution in [-0.4, -0.2) is 31.9 Å². The van der Waals surface area contributed by atoms with Crippen LogP contribution in [0.1, 0.15) is 40.8 Å². The van der Waals surface area contributed by atoms with Crippen molar-refractivity contribution in [3.63, 3.8) is 0 Å². The molecule has 0 radical (unpaired) electrons. The number of carbonyl (C=O) groups excluding carboxylic acids is 1. The summed E-state index contributed by atoms with van der Waals surface area (Å²) in [6.07, 6.45) is 4.97. The van der Waals surface area contributed by atoms with Gasteiger partial charge in [-0.05, 0) is 39.2 Å². The average molecular weight is 273 g/mol. The van der Waals surface area contributed by atoms with Crippen LogP contribution in [0.4, 0.5) is 0 Å². The molecule has 1 atom stereocenters. The molecule has 0 aliphatic heterocycles. The molecular formula is C14H19N5O. The zero-order valence-electron chi connectivity index (χ0n) is 11.8. The van der Waals surface area contributed by atoms with Gasteiger partial charge in [-0.2, -0.15) is 10.2 Å². The SMILES string of the molecule is Cc1ccn(C[C@H](C)NC(=O)c2n[nH]c3c2CCC3)n1. The van der Waals surface area contributed by atoms with Gasteiger partial charge in [0.05, 0.1) is 12.2 Å². The number of hydrogen-bond donors (Lipinski definition) is 2. The third-order valence-electron chi connectivity index (χ3n) is 3.63. The fraction of sp³-hybridized carbons (Fsp3) is 0.500. The molecular weight excluding hydrogens is 254 g/mol. The van der Waals surface area contributed by atoms with E-state index in [4.69, 9.17) is 0 Å². The highest BCUT2D eigenvalue weighted by atomic mass is 16.2. The summed E-state index contributed by atoms with van der Waals surface area (Å²) < 4.78 is 1.84. The summed E-state index contributed by atoms with van der Waals surface area (Å²) in [5.74, 6) is -0.0965. The lowest BCUT2D eigenvalue weighted by molar-refractivity contribution is 0.0930. The topological polar surface area (TPSA) is 75.6 Å². The van der Waals surface area contributed by atoms with Crippen molar-refractivity contribution < 1.29 is 4.79 Å². The maximum atomic E-state index is 12.2. The Morgan fingerprint density at radius 2 is 2.40 bits per heavy atom. The highest BCUT2D eigenvalue weighted by Gasteiger charge is 2.23. The van der Waals surface area contributed by atoms with Crippen LogP contribution in [0.15, 0.2) is 12.3 Å². The summed E-state index contributed by atoms with van der Waals surface area (Å²) in [6, 6.07) is 1.96. The van der Waals surface area contributed by atoms with Gasteiger partial charge < -0.3 is 5.32 Å². The largest absolute Gasteiger partial charge is 0.346 e. The summed E-state index contributed by atoms with van der Waals surface area (Å²) >= 11 is 0. The van der Waals surface area contributed by atoms with Crippen LogP contribution in [0.25, 0.3) is 0 Å².